The molecule has 0 aliphatic heterocycles. The number of alkyl halides is 5. The summed E-state index contributed by atoms with van der Waals surface area (Å²) in [6.07, 6.45) is -2.23. The third-order valence-corrected chi connectivity index (χ3v) is 3.71. The van der Waals surface area contributed by atoms with E-state index in [-0.39, 0.29) is 22.2 Å². The zero-order valence-electron chi connectivity index (χ0n) is 14.2. The van der Waals surface area contributed by atoms with E-state index in [1.165, 1.54) is 31.4 Å². The molecule has 0 fully saturated rings. The van der Waals surface area contributed by atoms with Gasteiger partial charge in [0.15, 0.2) is 11.5 Å². The van der Waals surface area contributed by atoms with Crippen LogP contribution in [0.25, 0.3) is 6.08 Å². The van der Waals surface area contributed by atoms with Crippen LogP contribution in [0.15, 0.2) is 42.5 Å². The number of ether oxygens (including phenoxy) is 2. The van der Waals surface area contributed by atoms with E-state index in [4.69, 9.17) is 16.3 Å². The number of hydrogen-bond acceptors (Lipinski definition) is 3. The van der Waals surface area contributed by atoms with Gasteiger partial charge in [0.2, 0.25) is 5.91 Å². The molecule has 0 aliphatic carbocycles. The molecule has 28 heavy (non-hydrogen) atoms. The maximum atomic E-state index is 12.8. The minimum absolute atomic E-state index is 0.0174. The van der Waals surface area contributed by atoms with Crippen LogP contribution in [0.2, 0.25) is 5.02 Å². The zero-order chi connectivity index (χ0) is 20.9. The standard InChI is InChI=1S/C18H13ClF5NO3/c1-27-15-8-10(2-6-14(15)28-17(20)21)3-7-16(26)25-13-9-11(18(22,23)24)4-5-12(13)19/h2-9,17H,1H3,(H,25,26)/b7-3+. The van der Waals surface area contributed by atoms with Crippen LogP contribution >= 0.6 is 11.6 Å². The third kappa shape index (κ3) is 5.85. The molecule has 1 N–H and O–H groups in total. The van der Waals surface area contributed by atoms with Crippen molar-refractivity contribution in [2.75, 3.05) is 12.4 Å². The molecular weight excluding hydrogens is 409 g/mol. The first kappa shape index (κ1) is 21.5. The molecule has 0 spiro atoms. The molecule has 0 bridgehead atoms. The minimum atomic E-state index is -4.58. The molecule has 0 aliphatic rings. The molecule has 150 valence electrons. The Labute approximate surface area is 161 Å². The van der Waals surface area contributed by atoms with E-state index >= 15 is 0 Å². The predicted octanol–water partition coefficient (Wildman–Crippen LogP) is 5.62. The molecule has 2 aromatic rings. The Hall–Kier alpha value is -2.81. The summed E-state index contributed by atoms with van der Waals surface area (Å²) in [5.74, 6) is -0.910. The SMILES string of the molecule is COc1cc(/C=C/C(=O)Nc2cc(C(F)(F)F)ccc2Cl)ccc1OC(F)F. The van der Waals surface area contributed by atoms with Gasteiger partial charge >= 0.3 is 12.8 Å². The number of nitrogens with one attached hydrogen (secondary N) is 1. The Morgan fingerprint density at radius 1 is 1.14 bits per heavy atom. The Kier molecular flexibility index (Phi) is 6.85. The monoisotopic (exact) mass is 421 g/mol. The molecule has 4 nitrogen and oxygen atoms in total. The van der Waals surface area contributed by atoms with Crippen molar-refractivity contribution in [2.24, 2.45) is 0 Å². The highest BCUT2D eigenvalue weighted by Gasteiger charge is 2.31. The molecular formula is C18H13ClF5NO3. The summed E-state index contributed by atoms with van der Waals surface area (Å²) in [4.78, 5) is 12.0. The lowest BCUT2D eigenvalue weighted by molar-refractivity contribution is -0.137. The first-order valence-electron chi connectivity index (χ1n) is 7.59. The van der Waals surface area contributed by atoms with Crippen LogP contribution < -0.4 is 14.8 Å². The molecule has 0 unspecified atom stereocenters. The lowest BCUT2D eigenvalue weighted by Gasteiger charge is -2.11. The topological polar surface area (TPSA) is 47.6 Å². The van der Waals surface area contributed by atoms with Crippen molar-refractivity contribution >= 4 is 29.3 Å². The minimum Gasteiger partial charge on any atom is -0.493 e. The van der Waals surface area contributed by atoms with Crippen LogP contribution in [0.3, 0.4) is 0 Å². The first-order valence-corrected chi connectivity index (χ1v) is 7.96. The van der Waals surface area contributed by atoms with Crippen LogP contribution in [0.4, 0.5) is 27.6 Å². The molecule has 0 heterocycles. The van der Waals surface area contributed by atoms with Gasteiger partial charge in [0.25, 0.3) is 0 Å². The normalized spacial score (nSPS) is 11.7. The number of benzene rings is 2. The summed E-state index contributed by atoms with van der Waals surface area (Å²) in [5.41, 5.74) is -0.760. The molecule has 0 saturated carbocycles. The van der Waals surface area contributed by atoms with Crippen molar-refractivity contribution in [1.82, 2.24) is 0 Å². The highest BCUT2D eigenvalue weighted by molar-refractivity contribution is 6.33. The number of hydrogen-bond donors (Lipinski definition) is 1. The predicted molar refractivity (Wildman–Crippen MR) is 93.7 cm³/mol. The number of rotatable bonds is 6. The lowest BCUT2D eigenvalue weighted by atomic mass is 10.1. The zero-order valence-corrected chi connectivity index (χ0v) is 14.9. The van der Waals surface area contributed by atoms with Gasteiger partial charge in [-0.3, -0.25) is 4.79 Å². The first-order chi connectivity index (χ1) is 13.1. The van der Waals surface area contributed by atoms with E-state index in [2.05, 4.69) is 10.1 Å². The Balaban J connectivity index is 2.14. The molecule has 2 aromatic carbocycles. The fourth-order valence-corrected chi connectivity index (χ4v) is 2.29. The second kappa shape index (κ2) is 8.92. The molecule has 10 heteroatoms. The van der Waals surface area contributed by atoms with Crippen molar-refractivity contribution < 1.29 is 36.2 Å². The van der Waals surface area contributed by atoms with Gasteiger partial charge in [-0.05, 0) is 42.0 Å². The van der Waals surface area contributed by atoms with Crippen molar-refractivity contribution in [1.29, 1.82) is 0 Å². The highest BCUT2D eigenvalue weighted by atomic mass is 35.5. The van der Waals surface area contributed by atoms with Crippen LogP contribution in [0, 0.1) is 0 Å². The summed E-state index contributed by atoms with van der Waals surface area (Å²) in [6.45, 7) is -3.03. The summed E-state index contributed by atoms with van der Waals surface area (Å²) < 4.78 is 72.1. The second-order valence-electron chi connectivity index (χ2n) is 5.30. The van der Waals surface area contributed by atoms with E-state index in [9.17, 15) is 26.7 Å². The van der Waals surface area contributed by atoms with E-state index in [1.807, 2.05) is 0 Å². The fraction of sp³-hybridized carbons (Fsp3) is 0.167. The van der Waals surface area contributed by atoms with Gasteiger partial charge in [-0.25, -0.2) is 0 Å². The second-order valence-corrected chi connectivity index (χ2v) is 5.71. The quantitative estimate of drug-likeness (QED) is 0.486. The smallest absolute Gasteiger partial charge is 0.416 e. The van der Waals surface area contributed by atoms with Gasteiger partial charge in [-0.15, -0.1) is 0 Å². The lowest BCUT2D eigenvalue weighted by Crippen LogP contribution is -2.11. The summed E-state index contributed by atoms with van der Waals surface area (Å²) in [5, 5.41) is 2.18. The summed E-state index contributed by atoms with van der Waals surface area (Å²) >= 11 is 5.81. The number of methoxy groups -OCH3 is 1. The maximum Gasteiger partial charge on any atom is 0.416 e. The highest BCUT2D eigenvalue weighted by Crippen LogP contribution is 2.34. The number of amides is 1. The van der Waals surface area contributed by atoms with Crippen molar-refractivity contribution in [2.45, 2.75) is 12.8 Å². The van der Waals surface area contributed by atoms with Crippen molar-refractivity contribution in [3.63, 3.8) is 0 Å². The summed E-state index contributed by atoms with van der Waals surface area (Å²) in [7, 11) is 1.25. The van der Waals surface area contributed by atoms with E-state index in [0.29, 0.717) is 11.6 Å². The largest absolute Gasteiger partial charge is 0.493 e. The van der Waals surface area contributed by atoms with Crippen molar-refractivity contribution in [3.8, 4) is 11.5 Å². The van der Waals surface area contributed by atoms with Crippen LogP contribution in [0.1, 0.15) is 11.1 Å². The summed E-state index contributed by atoms with van der Waals surface area (Å²) in [6, 6.07) is 6.50. The maximum absolute atomic E-state index is 12.8. The number of carbonyl (C=O) groups is 1. The Morgan fingerprint density at radius 2 is 1.86 bits per heavy atom. The average molecular weight is 422 g/mol. The van der Waals surface area contributed by atoms with E-state index < -0.39 is 24.3 Å². The van der Waals surface area contributed by atoms with E-state index in [0.717, 1.165) is 18.2 Å². The van der Waals surface area contributed by atoms with Crippen LogP contribution in [-0.2, 0) is 11.0 Å². The Bertz CT molecular complexity index is 884. The Morgan fingerprint density at radius 3 is 2.46 bits per heavy atom. The van der Waals surface area contributed by atoms with E-state index in [1.54, 1.807) is 0 Å². The van der Waals surface area contributed by atoms with Gasteiger partial charge in [0.1, 0.15) is 0 Å². The van der Waals surface area contributed by atoms with Crippen molar-refractivity contribution in [3.05, 3.63) is 58.6 Å². The van der Waals surface area contributed by atoms with Crippen LogP contribution in [0.5, 0.6) is 11.5 Å². The molecule has 1 amide bonds. The molecule has 0 atom stereocenters. The van der Waals surface area contributed by atoms with Gasteiger partial charge < -0.3 is 14.8 Å². The van der Waals surface area contributed by atoms with Gasteiger partial charge in [0.05, 0.1) is 23.4 Å². The fourth-order valence-electron chi connectivity index (χ4n) is 2.12. The molecule has 0 aromatic heterocycles. The number of halogens is 6. The third-order valence-electron chi connectivity index (χ3n) is 3.38. The van der Waals surface area contributed by atoms with Gasteiger partial charge in [-0.2, -0.15) is 22.0 Å². The van der Waals surface area contributed by atoms with Gasteiger partial charge in [0, 0.05) is 6.08 Å². The molecule has 0 saturated heterocycles. The molecule has 2 rings (SSSR count). The van der Waals surface area contributed by atoms with Gasteiger partial charge in [-0.1, -0.05) is 17.7 Å². The number of anilines is 1. The molecule has 0 radical (unpaired) electrons. The average Bonchev–Trinajstić information content (AvgIpc) is 2.61. The van der Waals surface area contributed by atoms with Crippen LogP contribution in [-0.4, -0.2) is 19.6 Å². The number of carbonyl (C=O) groups excluding carboxylic acids is 1.